The van der Waals surface area contributed by atoms with E-state index in [1.807, 2.05) is 6.92 Å². The molecular weight excluding hydrogens is 280 g/mol. The van der Waals surface area contributed by atoms with E-state index in [1.165, 1.54) is 18.5 Å². The van der Waals surface area contributed by atoms with Crippen molar-refractivity contribution in [3.8, 4) is 0 Å². The Balaban J connectivity index is 2.34. The Morgan fingerprint density at radius 3 is 2.85 bits per heavy atom. The van der Waals surface area contributed by atoms with Crippen LogP contribution in [0.25, 0.3) is 10.9 Å². The number of benzene rings is 1. The summed E-state index contributed by atoms with van der Waals surface area (Å²) in [6, 6.07) is 4.43. The molecule has 0 aliphatic rings. The smallest absolute Gasteiger partial charge is 0.270 e. The number of hydrogen-bond donors (Lipinski definition) is 1. The first kappa shape index (κ1) is 14.3. The molecule has 7 nitrogen and oxygen atoms in total. The highest BCUT2D eigenvalue weighted by atomic mass is 32.2. The second-order valence-corrected chi connectivity index (χ2v) is 6.17. The molecule has 0 aliphatic heterocycles. The van der Waals surface area contributed by atoms with Gasteiger partial charge in [-0.05, 0) is 13.0 Å². The molecule has 1 N–H and O–H groups in total. The lowest BCUT2D eigenvalue weighted by atomic mass is 10.2. The van der Waals surface area contributed by atoms with Crippen molar-refractivity contribution >= 4 is 33.2 Å². The van der Waals surface area contributed by atoms with Crippen LogP contribution >= 0.6 is 0 Å². The quantitative estimate of drug-likeness (QED) is 0.666. The van der Waals surface area contributed by atoms with Gasteiger partial charge in [0.1, 0.15) is 12.1 Å². The van der Waals surface area contributed by atoms with Gasteiger partial charge in [0.2, 0.25) is 0 Å². The van der Waals surface area contributed by atoms with Crippen molar-refractivity contribution in [2.24, 2.45) is 0 Å². The van der Waals surface area contributed by atoms with E-state index in [4.69, 9.17) is 0 Å². The second kappa shape index (κ2) is 5.91. The molecule has 8 heteroatoms. The summed E-state index contributed by atoms with van der Waals surface area (Å²) < 4.78 is 11.3. The van der Waals surface area contributed by atoms with Crippen molar-refractivity contribution in [3.63, 3.8) is 0 Å². The molecule has 0 fully saturated rings. The van der Waals surface area contributed by atoms with Crippen LogP contribution in [0.15, 0.2) is 24.5 Å². The molecule has 1 heterocycles. The van der Waals surface area contributed by atoms with Crippen LogP contribution in [0.5, 0.6) is 0 Å². The topological polar surface area (TPSA) is 98.0 Å². The van der Waals surface area contributed by atoms with Crippen LogP contribution in [0.2, 0.25) is 0 Å². The Labute approximate surface area is 118 Å². The molecule has 2 atom stereocenters. The molecule has 1 aromatic heterocycles. The van der Waals surface area contributed by atoms with Gasteiger partial charge < -0.3 is 5.32 Å². The Morgan fingerprint density at radius 1 is 1.45 bits per heavy atom. The summed E-state index contributed by atoms with van der Waals surface area (Å²) in [6.07, 6.45) is 3.03. The molecule has 20 heavy (non-hydrogen) atoms. The van der Waals surface area contributed by atoms with E-state index in [1.54, 1.807) is 12.3 Å². The summed E-state index contributed by atoms with van der Waals surface area (Å²) >= 11 is 0. The first-order chi connectivity index (χ1) is 9.49. The van der Waals surface area contributed by atoms with Gasteiger partial charge >= 0.3 is 0 Å². The van der Waals surface area contributed by atoms with Crippen molar-refractivity contribution in [3.05, 3.63) is 34.6 Å². The van der Waals surface area contributed by atoms with Gasteiger partial charge in [0.25, 0.3) is 5.69 Å². The number of nitro groups is 1. The normalized spacial score (nSPS) is 13.9. The van der Waals surface area contributed by atoms with E-state index in [0.717, 1.165) is 0 Å². The first-order valence-corrected chi connectivity index (χ1v) is 7.56. The fourth-order valence-corrected chi connectivity index (χ4v) is 1.97. The second-order valence-electron chi connectivity index (χ2n) is 4.37. The van der Waals surface area contributed by atoms with E-state index >= 15 is 0 Å². The SMILES string of the molecule is CC(CNc1ncnc2ccc([N+](=O)[O-])cc12)S(C)=O. The maximum atomic E-state index is 11.3. The highest BCUT2D eigenvalue weighted by molar-refractivity contribution is 7.84. The zero-order valence-electron chi connectivity index (χ0n) is 11.1. The lowest BCUT2D eigenvalue weighted by Crippen LogP contribution is -2.21. The van der Waals surface area contributed by atoms with Gasteiger partial charge in [-0.15, -0.1) is 0 Å². The summed E-state index contributed by atoms with van der Waals surface area (Å²) in [5.41, 5.74) is 0.612. The molecule has 2 unspecified atom stereocenters. The Bertz CT molecular complexity index is 677. The molecule has 2 rings (SSSR count). The van der Waals surface area contributed by atoms with Crippen LogP contribution in [0, 0.1) is 10.1 Å². The lowest BCUT2D eigenvalue weighted by molar-refractivity contribution is -0.384. The van der Waals surface area contributed by atoms with Crippen molar-refractivity contribution in [1.82, 2.24) is 9.97 Å². The number of nitrogens with zero attached hydrogens (tertiary/aromatic N) is 3. The monoisotopic (exact) mass is 294 g/mol. The first-order valence-electron chi connectivity index (χ1n) is 5.94. The third kappa shape index (κ3) is 3.08. The van der Waals surface area contributed by atoms with Gasteiger partial charge in [-0.3, -0.25) is 14.3 Å². The predicted octanol–water partition coefficient (Wildman–Crippen LogP) is 1.72. The Morgan fingerprint density at radius 2 is 2.20 bits per heavy atom. The van der Waals surface area contributed by atoms with Crippen molar-refractivity contribution in [2.45, 2.75) is 12.2 Å². The summed E-state index contributed by atoms with van der Waals surface area (Å²) in [5, 5.41) is 14.4. The molecular formula is C12H14N4O3S. The Hall–Kier alpha value is -2.09. The number of rotatable bonds is 5. The number of nitro benzene ring substituents is 1. The number of anilines is 1. The fraction of sp³-hybridized carbons (Fsp3) is 0.333. The number of nitrogens with one attached hydrogen (secondary N) is 1. The molecule has 0 spiro atoms. The fourth-order valence-electron chi connectivity index (χ4n) is 1.66. The number of hydrogen-bond acceptors (Lipinski definition) is 6. The van der Waals surface area contributed by atoms with E-state index in [2.05, 4.69) is 15.3 Å². The number of fused-ring (bicyclic) bond motifs is 1. The minimum absolute atomic E-state index is 0.0116. The highest BCUT2D eigenvalue weighted by Gasteiger charge is 2.12. The minimum Gasteiger partial charge on any atom is -0.368 e. The van der Waals surface area contributed by atoms with Crippen LogP contribution in [-0.4, -0.2) is 37.2 Å². The lowest BCUT2D eigenvalue weighted by Gasteiger charge is -2.11. The van der Waals surface area contributed by atoms with Gasteiger partial charge in [0.05, 0.1) is 10.4 Å². The van der Waals surface area contributed by atoms with Crippen molar-refractivity contribution in [1.29, 1.82) is 0 Å². The maximum absolute atomic E-state index is 11.3. The molecule has 0 bridgehead atoms. The Kier molecular flexibility index (Phi) is 4.23. The molecule has 0 amide bonds. The van der Waals surface area contributed by atoms with Crippen molar-refractivity contribution < 1.29 is 9.13 Å². The largest absolute Gasteiger partial charge is 0.368 e. The molecule has 0 saturated heterocycles. The zero-order valence-corrected chi connectivity index (χ0v) is 11.9. The van der Waals surface area contributed by atoms with Crippen LogP contribution in [-0.2, 0) is 10.8 Å². The number of non-ortho nitro benzene ring substituents is 1. The minimum atomic E-state index is -0.944. The average molecular weight is 294 g/mol. The van der Waals surface area contributed by atoms with Crippen LogP contribution in [0.3, 0.4) is 0 Å². The van der Waals surface area contributed by atoms with Crippen LogP contribution in [0.1, 0.15) is 6.92 Å². The van der Waals surface area contributed by atoms with Gasteiger partial charge in [0.15, 0.2) is 0 Å². The van der Waals surface area contributed by atoms with E-state index in [-0.39, 0.29) is 10.9 Å². The van der Waals surface area contributed by atoms with E-state index in [0.29, 0.717) is 23.3 Å². The van der Waals surface area contributed by atoms with Crippen molar-refractivity contribution in [2.75, 3.05) is 18.1 Å². The summed E-state index contributed by atoms with van der Waals surface area (Å²) in [7, 11) is -0.944. The summed E-state index contributed by atoms with van der Waals surface area (Å²) in [4.78, 5) is 18.5. The van der Waals surface area contributed by atoms with E-state index in [9.17, 15) is 14.3 Å². The standard InChI is InChI=1S/C12H14N4O3S/c1-8(20(2)19)6-13-12-10-5-9(16(17)18)3-4-11(10)14-7-15-12/h3-5,7-8H,6H2,1-2H3,(H,13,14,15). The summed E-state index contributed by atoms with van der Waals surface area (Å²) in [5.74, 6) is 0.510. The van der Waals surface area contributed by atoms with Gasteiger partial charge in [-0.1, -0.05) is 0 Å². The molecule has 0 saturated carbocycles. The van der Waals surface area contributed by atoms with Gasteiger partial charge in [0, 0.05) is 46.4 Å². The third-order valence-corrected chi connectivity index (χ3v) is 4.25. The van der Waals surface area contributed by atoms with Crippen LogP contribution in [0.4, 0.5) is 11.5 Å². The van der Waals surface area contributed by atoms with Gasteiger partial charge in [-0.2, -0.15) is 0 Å². The van der Waals surface area contributed by atoms with Gasteiger partial charge in [-0.25, -0.2) is 9.97 Å². The average Bonchev–Trinajstić information content (AvgIpc) is 2.43. The van der Waals surface area contributed by atoms with E-state index < -0.39 is 15.7 Å². The molecule has 106 valence electrons. The third-order valence-electron chi connectivity index (χ3n) is 2.95. The molecule has 0 radical (unpaired) electrons. The predicted molar refractivity (Wildman–Crippen MR) is 78.2 cm³/mol. The molecule has 1 aromatic carbocycles. The molecule has 0 aliphatic carbocycles. The highest BCUT2D eigenvalue weighted by Crippen LogP contribution is 2.24. The maximum Gasteiger partial charge on any atom is 0.270 e. The van der Waals surface area contributed by atoms with Crippen LogP contribution < -0.4 is 5.32 Å². The number of aromatic nitrogens is 2. The zero-order chi connectivity index (χ0) is 14.7. The molecule has 2 aromatic rings. The summed E-state index contributed by atoms with van der Waals surface area (Å²) in [6.45, 7) is 2.33.